The average molecular weight is 968 g/mol. The number of carbonyl (C=O) groups excluding carboxylic acids is 3. The van der Waals surface area contributed by atoms with Crippen LogP contribution in [0.4, 0.5) is 0 Å². The molecule has 0 aromatic heterocycles. The van der Waals surface area contributed by atoms with Crippen LogP contribution in [-0.4, -0.2) is 37.2 Å². The van der Waals surface area contributed by atoms with Crippen LogP contribution in [0.5, 0.6) is 0 Å². The summed E-state index contributed by atoms with van der Waals surface area (Å²) in [7, 11) is 0. The zero-order valence-electron chi connectivity index (χ0n) is 46.1. The molecule has 0 aliphatic carbocycles. The first-order valence-corrected chi connectivity index (χ1v) is 30.1. The molecule has 0 aliphatic rings. The summed E-state index contributed by atoms with van der Waals surface area (Å²) in [5.74, 6) is -0.869. The molecule has 0 aromatic carbocycles. The molecule has 69 heavy (non-hydrogen) atoms. The Balaban J connectivity index is 4.36. The summed E-state index contributed by atoms with van der Waals surface area (Å²) in [6.45, 7) is 6.62. The van der Waals surface area contributed by atoms with Crippen molar-refractivity contribution in [3.63, 3.8) is 0 Å². The van der Waals surface area contributed by atoms with Gasteiger partial charge in [-0.2, -0.15) is 0 Å². The van der Waals surface area contributed by atoms with Crippen LogP contribution in [0.1, 0.15) is 316 Å². The number of allylic oxidation sites excluding steroid dienone is 8. The first kappa shape index (κ1) is 66.4. The van der Waals surface area contributed by atoms with Crippen LogP contribution in [0, 0.1) is 0 Å². The van der Waals surface area contributed by atoms with Crippen molar-refractivity contribution in [1.82, 2.24) is 0 Å². The second-order valence-corrected chi connectivity index (χ2v) is 20.3. The molecule has 0 radical (unpaired) electrons. The van der Waals surface area contributed by atoms with Crippen LogP contribution < -0.4 is 0 Å². The van der Waals surface area contributed by atoms with E-state index in [-0.39, 0.29) is 31.1 Å². The Morgan fingerprint density at radius 1 is 0.290 bits per heavy atom. The fraction of sp³-hybridized carbons (Fsp3) is 0.825. The third-order valence-electron chi connectivity index (χ3n) is 13.3. The Labute approximate surface area is 428 Å². The Hall–Kier alpha value is -2.63. The number of esters is 3. The van der Waals surface area contributed by atoms with Gasteiger partial charge in [-0.3, -0.25) is 14.4 Å². The van der Waals surface area contributed by atoms with E-state index >= 15 is 0 Å². The van der Waals surface area contributed by atoms with E-state index in [0.717, 1.165) is 77.0 Å². The lowest BCUT2D eigenvalue weighted by molar-refractivity contribution is -0.167. The van der Waals surface area contributed by atoms with Crippen molar-refractivity contribution in [3.8, 4) is 0 Å². The number of carbonyl (C=O) groups is 3. The zero-order chi connectivity index (χ0) is 50.0. The molecule has 0 spiro atoms. The van der Waals surface area contributed by atoms with Gasteiger partial charge in [-0.05, 0) is 83.5 Å². The molecular weight excluding hydrogens is 853 g/mol. The van der Waals surface area contributed by atoms with E-state index in [4.69, 9.17) is 14.2 Å². The third-order valence-corrected chi connectivity index (χ3v) is 13.3. The molecule has 0 saturated heterocycles. The Bertz CT molecular complexity index is 1200. The summed E-state index contributed by atoms with van der Waals surface area (Å²) >= 11 is 0. The standard InChI is InChI=1S/C63H114O6/c1-4-7-10-13-16-19-22-25-28-30-31-33-35-38-41-44-47-50-53-56-62(65)68-59-60(58-67-61(64)55-52-49-46-43-40-37-34-27-24-21-18-15-12-9-6-3)69-63(66)57-54-51-48-45-42-39-36-32-29-26-23-20-17-14-11-8-5-2/h16-17,19-20,25-26,28-29,60H,4-15,18,21-24,27,30-59H2,1-3H3/b19-16-,20-17-,28-25-,29-26-. The second kappa shape index (κ2) is 57.9. The molecule has 1 unspecified atom stereocenters. The van der Waals surface area contributed by atoms with Gasteiger partial charge in [0.2, 0.25) is 0 Å². The molecule has 1 atom stereocenters. The van der Waals surface area contributed by atoms with E-state index in [1.54, 1.807) is 0 Å². The molecular formula is C63H114O6. The van der Waals surface area contributed by atoms with Gasteiger partial charge in [0.15, 0.2) is 6.10 Å². The highest BCUT2D eigenvalue weighted by atomic mass is 16.6. The summed E-state index contributed by atoms with van der Waals surface area (Å²) < 4.78 is 16.9. The van der Waals surface area contributed by atoms with Gasteiger partial charge in [-0.25, -0.2) is 0 Å². The summed E-state index contributed by atoms with van der Waals surface area (Å²) in [4.78, 5) is 38.2. The number of hydrogen-bond donors (Lipinski definition) is 0. The highest BCUT2D eigenvalue weighted by Gasteiger charge is 2.19. The number of rotatable bonds is 55. The van der Waals surface area contributed by atoms with Gasteiger partial charge in [0.05, 0.1) is 0 Å². The van der Waals surface area contributed by atoms with Crippen molar-refractivity contribution < 1.29 is 28.6 Å². The maximum Gasteiger partial charge on any atom is 0.306 e. The molecule has 0 amide bonds. The van der Waals surface area contributed by atoms with E-state index in [1.165, 1.54) is 199 Å². The SMILES string of the molecule is CCCCC/C=C\C/C=C\CCCCCCCCCCCC(=O)OCC(COC(=O)CCCCCCCCCCCCCCCCC)OC(=O)CCCCCCCCC/C=C\C/C=C\CCCCC. The summed E-state index contributed by atoms with van der Waals surface area (Å²) in [6, 6.07) is 0. The van der Waals surface area contributed by atoms with Crippen molar-refractivity contribution in [3.05, 3.63) is 48.6 Å². The molecule has 0 aliphatic heterocycles. The average Bonchev–Trinajstić information content (AvgIpc) is 3.35. The largest absolute Gasteiger partial charge is 0.462 e. The number of ether oxygens (including phenoxy) is 3. The van der Waals surface area contributed by atoms with Gasteiger partial charge in [0.25, 0.3) is 0 Å². The number of hydrogen-bond acceptors (Lipinski definition) is 6. The molecule has 0 saturated carbocycles. The first-order valence-electron chi connectivity index (χ1n) is 30.1. The molecule has 0 rings (SSSR count). The molecule has 0 N–H and O–H groups in total. The maximum atomic E-state index is 12.9. The molecule has 0 fully saturated rings. The smallest absolute Gasteiger partial charge is 0.306 e. The summed E-state index contributed by atoms with van der Waals surface area (Å²) in [5.41, 5.74) is 0. The van der Waals surface area contributed by atoms with Crippen molar-refractivity contribution >= 4 is 17.9 Å². The lowest BCUT2D eigenvalue weighted by Gasteiger charge is -2.18. The van der Waals surface area contributed by atoms with Crippen molar-refractivity contribution in [1.29, 1.82) is 0 Å². The monoisotopic (exact) mass is 967 g/mol. The molecule has 0 heterocycles. The van der Waals surface area contributed by atoms with Crippen LogP contribution in [0.2, 0.25) is 0 Å². The zero-order valence-corrected chi connectivity index (χ0v) is 46.1. The van der Waals surface area contributed by atoms with Crippen LogP contribution in [0.3, 0.4) is 0 Å². The minimum atomic E-state index is -0.777. The number of unbranched alkanes of at least 4 members (excludes halogenated alkanes) is 36. The van der Waals surface area contributed by atoms with E-state index < -0.39 is 6.10 Å². The van der Waals surface area contributed by atoms with E-state index in [1.807, 2.05) is 0 Å². The highest BCUT2D eigenvalue weighted by Crippen LogP contribution is 2.16. The van der Waals surface area contributed by atoms with Gasteiger partial charge in [0, 0.05) is 19.3 Å². The molecule has 6 heteroatoms. The van der Waals surface area contributed by atoms with Gasteiger partial charge < -0.3 is 14.2 Å². The van der Waals surface area contributed by atoms with Crippen LogP contribution in [0.25, 0.3) is 0 Å². The predicted octanol–water partition coefficient (Wildman–Crippen LogP) is 20.2. The Morgan fingerprint density at radius 2 is 0.522 bits per heavy atom. The third kappa shape index (κ3) is 56.2. The Morgan fingerprint density at radius 3 is 0.826 bits per heavy atom. The van der Waals surface area contributed by atoms with Crippen molar-refractivity contribution in [2.24, 2.45) is 0 Å². The van der Waals surface area contributed by atoms with E-state index in [9.17, 15) is 14.4 Å². The summed E-state index contributed by atoms with van der Waals surface area (Å²) in [6.07, 6.45) is 70.9. The predicted molar refractivity (Wildman–Crippen MR) is 298 cm³/mol. The van der Waals surface area contributed by atoms with Crippen LogP contribution >= 0.6 is 0 Å². The molecule has 0 aromatic rings. The van der Waals surface area contributed by atoms with Crippen molar-refractivity contribution in [2.75, 3.05) is 13.2 Å². The quantitative estimate of drug-likeness (QED) is 0.0262. The molecule has 402 valence electrons. The van der Waals surface area contributed by atoms with Gasteiger partial charge in [-0.15, -0.1) is 0 Å². The topological polar surface area (TPSA) is 78.9 Å². The van der Waals surface area contributed by atoms with Crippen molar-refractivity contribution in [2.45, 2.75) is 322 Å². The van der Waals surface area contributed by atoms with Gasteiger partial charge in [0.1, 0.15) is 13.2 Å². The van der Waals surface area contributed by atoms with E-state index in [2.05, 4.69) is 69.4 Å². The fourth-order valence-corrected chi connectivity index (χ4v) is 8.74. The minimum absolute atomic E-state index is 0.0743. The first-order chi connectivity index (χ1) is 34.0. The molecule has 6 nitrogen and oxygen atoms in total. The second-order valence-electron chi connectivity index (χ2n) is 20.3. The highest BCUT2D eigenvalue weighted by molar-refractivity contribution is 5.71. The van der Waals surface area contributed by atoms with Crippen LogP contribution in [0.15, 0.2) is 48.6 Å². The maximum absolute atomic E-state index is 12.9. The molecule has 0 bridgehead atoms. The van der Waals surface area contributed by atoms with Gasteiger partial charge in [-0.1, -0.05) is 262 Å². The van der Waals surface area contributed by atoms with E-state index in [0.29, 0.717) is 19.3 Å². The lowest BCUT2D eigenvalue weighted by Crippen LogP contribution is -2.30. The minimum Gasteiger partial charge on any atom is -0.462 e. The van der Waals surface area contributed by atoms with Gasteiger partial charge >= 0.3 is 17.9 Å². The fourth-order valence-electron chi connectivity index (χ4n) is 8.74. The Kier molecular flexibility index (Phi) is 55.7. The summed E-state index contributed by atoms with van der Waals surface area (Å²) in [5, 5.41) is 0. The normalized spacial score (nSPS) is 12.3. The van der Waals surface area contributed by atoms with Crippen LogP contribution in [-0.2, 0) is 28.6 Å². The lowest BCUT2D eigenvalue weighted by atomic mass is 10.0.